The van der Waals surface area contributed by atoms with Crippen LogP contribution in [0.15, 0.2) is 53.1 Å². The van der Waals surface area contributed by atoms with Crippen molar-refractivity contribution in [2.75, 3.05) is 32.1 Å². The van der Waals surface area contributed by atoms with Crippen LogP contribution in [0.1, 0.15) is 52.4 Å². The fourth-order valence-electron chi connectivity index (χ4n) is 4.51. The number of likely N-dealkylation sites (tertiary alicyclic amines) is 1. The van der Waals surface area contributed by atoms with Gasteiger partial charge in [-0.2, -0.15) is 0 Å². The Kier molecular flexibility index (Phi) is 7.70. The van der Waals surface area contributed by atoms with Gasteiger partial charge in [0.2, 0.25) is 0 Å². The highest BCUT2D eigenvalue weighted by Crippen LogP contribution is 2.43. The molecule has 180 valence electrons. The zero-order valence-electron chi connectivity index (χ0n) is 19.7. The highest BCUT2D eigenvalue weighted by Gasteiger charge is 2.34. The monoisotopic (exact) mass is 482 g/mol. The Balaban J connectivity index is 1.68. The lowest BCUT2D eigenvalue weighted by Crippen LogP contribution is -2.40. The maximum absolute atomic E-state index is 12.8. The first-order chi connectivity index (χ1) is 16.5. The van der Waals surface area contributed by atoms with Crippen molar-refractivity contribution in [3.63, 3.8) is 0 Å². The van der Waals surface area contributed by atoms with E-state index < -0.39 is 0 Å². The average Bonchev–Trinajstić information content (AvgIpc) is 3.51. The summed E-state index contributed by atoms with van der Waals surface area (Å²) in [5, 5.41) is 3.83. The third kappa shape index (κ3) is 5.18. The molecule has 3 aromatic rings. The second-order valence-corrected chi connectivity index (χ2v) is 9.54. The molecule has 1 aliphatic rings. The van der Waals surface area contributed by atoms with Gasteiger partial charge in [-0.3, -0.25) is 14.5 Å². The summed E-state index contributed by atoms with van der Waals surface area (Å²) in [7, 11) is 1.67. The van der Waals surface area contributed by atoms with Crippen LogP contribution in [0.25, 0.3) is 0 Å². The van der Waals surface area contributed by atoms with Crippen molar-refractivity contribution in [2.45, 2.75) is 32.7 Å². The van der Waals surface area contributed by atoms with E-state index in [1.807, 2.05) is 32.0 Å². The van der Waals surface area contributed by atoms with Gasteiger partial charge in [-0.25, -0.2) is 0 Å². The predicted octanol–water partition coefficient (Wildman–Crippen LogP) is 5.27. The Morgan fingerprint density at radius 2 is 1.94 bits per heavy atom. The molecule has 1 aliphatic heterocycles. The molecule has 1 saturated heterocycles. The maximum Gasteiger partial charge on any atom is 0.309 e. The number of para-hydroxylation sites is 1. The third-order valence-electron chi connectivity index (χ3n) is 6.10. The topological polar surface area (TPSA) is 81.0 Å². The van der Waals surface area contributed by atoms with Crippen molar-refractivity contribution in [3.05, 3.63) is 70.5 Å². The van der Waals surface area contributed by atoms with Gasteiger partial charge in [0.05, 0.1) is 31.9 Å². The molecular weight excluding hydrogens is 452 g/mol. The molecule has 1 N–H and O–H groups in total. The van der Waals surface area contributed by atoms with Crippen LogP contribution in [0.3, 0.4) is 0 Å². The number of carbonyl (C=O) groups excluding carboxylic acids is 2. The number of carbonyl (C=O) groups is 2. The van der Waals surface area contributed by atoms with E-state index in [4.69, 9.17) is 13.9 Å². The smallest absolute Gasteiger partial charge is 0.309 e. The highest BCUT2D eigenvalue weighted by molar-refractivity contribution is 7.16. The number of ether oxygens (including phenoxy) is 2. The summed E-state index contributed by atoms with van der Waals surface area (Å²) in [6.45, 7) is 5.72. The van der Waals surface area contributed by atoms with Gasteiger partial charge in [0.25, 0.3) is 5.91 Å². The minimum atomic E-state index is -0.284. The maximum atomic E-state index is 12.8. The van der Waals surface area contributed by atoms with E-state index in [9.17, 15) is 9.59 Å². The minimum absolute atomic E-state index is 0.0862. The lowest BCUT2D eigenvalue weighted by atomic mass is 9.91. The largest absolute Gasteiger partial charge is 0.496 e. The molecule has 1 aromatic carbocycles. The van der Waals surface area contributed by atoms with Gasteiger partial charge < -0.3 is 19.2 Å². The van der Waals surface area contributed by atoms with E-state index in [0.717, 1.165) is 52.7 Å². The van der Waals surface area contributed by atoms with Crippen molar-refractivity contribution in [1.29, 1.82) is 0 Å². The van der Waals surface area contributed by atoms with Crippen LogP contribution >= 0.6 is 11.3 Å². The number of methoxy groups -OCH3 is 1. The van der Waals surface area contributed by atoms with Crippen LogP contribution in [0, 0.1) is 12.8 Å². The molecule has 2 aromatic heterocycles. The summed E-state index contributed by atoms with van der Waals surface area (Å²) in [6, 6.07) is 13.3. The average molecular weight is 483 g/mol. The molecule has 3 heterocycles. The number of hydrogen-bond donors (Lipinski definition) is 1. The first-order valence-corrected chi connectivity index (χ1v) is 12.3. The van der Waals surface area contributed by atoms with E-state index in [-0.39, 0.29) is 29.6 Å². The molecule has 0 radical (unpaired) electrons. The quantitative estimate of drug-likeness (QED) is 0.440. The number of hydrogen-bond acceptors (Lipinski definition) is 7. The molecule has 0 bridgehead atoms. The lowest BCUT2D eigenvalue weighted by molar-refractivity contribution is -0.149. The van der Waals surface area contributed by atoms with Gasteiger partial charge in [0, 0.05) is 16.0 Å². The molecule has 4 rings (SSSR count). The number of rotatable bonds is 8. The molecular formula is C26H30N2O5S. The van der Waals surface area contributed by atoms with Gasteiger partial charge in [-0.05, 0) is 64.0 Å². The summed E-state index contributed by atoms with van der Waals surface area (Å²) in [5.41, 5.74) is 2.02. The summed E-state index contributed by atoms with van der Waals surface area (Å²) in [6.07, 6.45) is 2.93. The van der Waals surface area contributed by atoms with Crippen LogP contribution in [0.5, 0.6) is 5.75 Å². The number of esters is 1. The summed E-state index contributed by atoms with van der Waals surface area (Å²) in [5.74, 6) is 0.562. The number of furan rings is 1. The molecule has 7 nitrogen and oxygen atoms in total. The van der Waals surface area contributed by atoms with E-state index in [1.165, 1.54) is 17.6 Å². The van der Waals surface area contributed by atoms with Crippen LogP contribution in [0.4, 0.5) is 5.00 Å². The van der Waals surface area contributed by atoms with Gasteiger partial charge >= 0.3 is 5.97 Å². The van der Waals surface area contributed by atoms with Crippen molar-refractivity contribution < 1.29 is 23.5 Å². The second-order valence-electron chi connectivity index (χ2n) is 8.28. The normalized spacial score (nSPS) is 15.6. The Hall–Kier alpha value is -3.10. The zero-order chi connectivity index (χ0) is 24.1. The number of piperidine rings is 1. The lowest BCUT2D eigenvalue weighted by Gasteiger charge is -2.37. The molecule has 0 saturated carbocycles. The molecule has 34 heavy (non-hydrogen) atoms. The number of thiophene rings is 1. The number of anilines is 1. The van der Waals surface area contributed by atoms with E-state index in [2.05, 4.69) is 22.3 Å². The van der Waals surface area contributed by atoms with E-state index in [1.54, 1.807) is 19.2 Å². The Morgan fingerprint density at radius 1 is 1.18 bits per heavy atom. The van der Waals surface area contributed by atoms with E-state index >= 15 is 0 Å². The third-order valence-corrected chi connectivity index (χ3v) is 7.08. The van der Waals surface area contributed by atoms with Crippen LogP contribution in [0.2, 0.25) is 0 Å². The van der Waals surface area contributed by atoms with Crippen molar-refractivity contribution in [3.8, 4) is 5.75 Å². The van der Waals surface area contributed by atoms with Crippen LogP contribution in [-0.2, 0) is 9.53 Å². The number of nitrogens with one attached hydrogen (secondary N) is 1. The summed E-state index contributed by atoms with van der Waals surface area (Å²) < 4.78 is 16.3. The zero-order valence-corrected chi connectivity index (χ0v) is 20.5. The number of amides is 1. The predicted molar refractivity (Wildman–Crippen MR) is 131 cm³/mol. The van der Waals surface area contributed by atoms with Gasteiger partial charge in [-0.15, -0.1) is 11.3 Å². The van der Waals surface area contributed by atoms with Crippen molar-refractivity contribution >= 4 is 28.2 Å². The SMILES string of the molecule is CCOC(=O)C1CCN([C@H](c2ccccc2OC)c2cc(C)sc2NC(=O)c2ccco2)CC1. The first kappa shape index (κ1) is 24.0. The molecule has 1 amide bonds. The summed E-state index contributed by atoms with van der Waals surface area (Å²) >= 11 is 1.54. The molecule has 0 aliphatic carbocycles. The highest BCUT2D eigenvalue weighted by atomic mass is 32.1. The molecule has 0 unspecified atom stereocenters. The van der Waals surface area contributed by atoms with Gasteiger partial charge in [0.15, 0.2) is 5.76 Å². The van der Waals surface area contributed by atoms with Crippen molar-refractivity contribution in [2.24, 2.45) is 5.92 Å². The fourth-order valence-corrected chi connectivity index (χ4v) is 5.45. The second kappa shape index (κ2) is 10.9. The Bertz CT molecular complexity index is 1120. The van der Waals surface area contributed by atoms with Gasteiger partial charge in [-0.1, -0.05) is 18.2 Å². The molecule has 8 heteroatoms. The molecule has 0 spiro atoms. The van der Waals surface area contributed by atoms with Gasteiger partial charge in [0.1, 0.15) is 10.8 Å². The standard InChI is InChI=1S/C26H30N2O5S/c1-4-32-26(30)18-11-13-28(14-12-18)23(19-8-5-6-9-21(19)31-3)20-16-17(2)34-25(20)27-24(29)22-10-7-15-33-22/h5-10,15-16,18,23H,4,11-14H2,1-3H3,(H,27,29)/t23-/m1/s1. The van der Waals surface area contributed by atoms with Crippen molar-refractivity contribution in [1.82, 2.24) is 4.90 Å². The minimum Gasteiger partial charge on any atom is -0.496 e. The molecule has 1 fully saturated rings. The number of aryl methyl sites for hydroxylation is 1. The first-order valence-electron chi connectivity index (χ1n) is 11.5. The summed E-state index contributed by atoms with van der Waals surface area (Å²) in [4.78, 5) is 28.5. The van der Waals surface area contributed by atoms with E-state index in [0.29, 0.717) is 6.61 Å². The van der Waals surface area contributed by atoms with Crippen LogP contribution in [-0.4, -0.2) is 43.6 Å². The van der Waals surface area contributed by atoms with Crippen LogP contribution < -0.4 is 10.1 Å². The Labute approximate surface area is 203 Å². The number of benzene rings is 1. The Morgan fingerprint density at radius 3 is 2.62 bits per heavy atom. The molecule has 1 atom stereocenters. The fraction of sp³-hybridized carbons (Fsp3) is 0.385. The number of nitrogens with zero attached hydrogens (tertiary/aromatic N) is 1.